The van der Waals surface area contributed by atoms with Gasteiger partial charge in [-0.15, -0.1) is 11.3 Å². The number of thiophene rings is 1. The second-order valence-electron chi connectivity index (χ2n) is 8.66. The Morgan fingerprint density at radius 2 is 1.82 bits per heavy atom. The predicted molar refractivity (Wildman–Crippen MR) is 127 cm³/mol. The molecule has 0 aliphatic carbocycles. The molecule has 2 aliphatic rings. The van der Waals surface area contributed by atoms with E-state index in [0.717, 1.165) is 17.7 Å². The van der Waals surface area contributed by atoms with Gasteiger partial charge in [-0.1, -0.05) is 26.0 Å². The maximum absolute atomic E-state index is 12.9. The van der Waals surface area contributed by atoms with Crippen molar-refractivity contribution < 1.29 is 22.7 Å². The number of piperazine rings is 1. The number of carbonyl (C=O) groups is 1. The molecule has 1 aromatic heterocycles. The molecule has 10 heteroatoms. The van der Waals surface area contributed by atoms with Crippen LogP contribution in [0.2, 0.25) is 0 Å². The molecular weight excluding hydrogens is 462 g/mol. The molecule has 3 heterocycles. The first-order valence-electron chi connectivity index (χ1n) is 11.3. The number of hydrogen-bond acceptors (Lipinski definition) is 7. The summed E-state index contributed by atoms with van der Waals surface area (Å²) in [5, 5.41) is 4.92. The molecule has 0 saturated carbocycles. The number of sulfonamides is 1. The van der Waals surface area contributed by atoms with Crippen LogP contribution in [-0.4, -0.2) is 69.5 Å². The zero-order chi connectivity index (χ0) is 23.4. The normalized spacial score (nSPS) is 18.6. The van der Waals surface area contributed by atoms with Gasteiger partial charge in [0, 0.05) is 32.6 Å². The van der Waals surface area contributed by atoms with Gasteiger partial charge in [0.25, 0.3) is 10.0 Å². The fourth-order valence-electron chi connectivity index (χ4n) is 4.10. The Morgan fingerprint density at radius 3 is 2.48 bits per heavy atom. The minimum Gasteiger partial charge on any atom is -0.490 e. The summed E-state index contributed by atoms with van der Waals surface area (Å²) in [6.07, 6.45) is 0.844. The van der Waals surface area contributed by atoms with Crippen molar-refractivity contribution in [2.45, 2.75) is 30.5 Å². The van der Waals surface area contributed by atoms with Gasteiger partial charge in [0.1, 0.15) is 4.21 Å². The summed E-state index contributed by atoms with van der Waals surface area (Å²) in [6.45, 7) is 7.43. The second-order valence-corrected chi connectivity index (χ2v) is 11.8. The van der Waals surface area contributed by atoms with Crippen LogP contribution in [-0.2, 0) is 14.8 Å². The third-order valence-electron chi connectivity index (χ3n) is 5.90. The van der Waals surface area contributed by atoms with Crippen molar-refractivity contribution in [3.63, 3.8) is 0 Å². The Hall–Kier alpha value is -2.14. The molecule has 1 aromatic carbocycles. The van der Waals surface area contributed by atoms with E-state index in [1.54, 1.807) is 17.5 Å². The first-order valence-corrected chi connectivity index (χ1v) is 13.6. The van der Waals surface area contributed by atoms with Crippen molar-refractivity contribution in [1.29, 1.82) is 0 Å². The number of fused-ring (bicyclic) bond motifs is 1. The maximum Gasteiger partial charge on any atom is 0.252 e. The van der Waals surface area contributed by atoms with Crippen molar-refractivity contribution in [2.24, 2.45) is 5.92 Å². The van der Waals surface area contributed by atoms with Gasteiger partial charge < -0.3 is 14.8 Å². The number of amides is 1. The monoisotopic (exact) mass is 493 g/mol. The van der Waals surface area contributed by atoms with Crippen molar-refractivity contribution in [1.82, 2.24) is 14.5 Å². The minimum atomic E-state index is -3.44. The molecule has 1 atom stereocenters. The molecule has 0 unspecified atom stereocenters. The van der Waals surface area contributed by atoms with Gasteiger partial charge in [0.15, 0.2) is 11.5 Å². The number of carbonyl (C=O) groups excluding carboxylic acids is 1. The van der Waals surface area contributed by atoms with Crippen LogP contribution in [0.1, 0.15) is 31.9 Å². The van der Waals surface area contributed by atoms with Gasteiger partial charge in [0.2, 0.25) is 5.91 Å². The van der Waals surface area contributed by atoms with Crippen LogP contribution in [0, 0.1) is 5.92 Å². The highest BCUT2D eigenvalue weighted by atomic mass is 32.2. The maximum atomic E-state index is 12.9. The van der Waals surface area contributed by atoms with E-state index in [4.69, 9.17) is 9.47 Å². The standard InChI is InChI=1S/C23H31N3O5S2/c1-17(2)23(18-6-7-19-20(15-18)31-13-4-12-30-19)24-21(27)16-25-8-10-26(11-9-25)33(28,29)22-5-3-14-32-22/h3,5-7,14-15,17,23H,4,8-13,16H2,1-2H3,(H,24,27)/t23-/m0/s1. The SMILES string of the molecule is CC(C)[C@H](NC(=O)CN1CCN(S(=O)(=O)c2cccs2)CC1)c1ccc2c(c1)OCCCO2. The van der Waals surface area contributed by atoms with Gasteiger partial charge in [-0.2, -0.15) is 4.31 Å². The molecule has 1 amide bonds. The molecule has 0 bridgehead atoms. The van der Waals surface area contributed by atoms with E-state index >= 15 is 0 Å². The fourth-order valence-corrected chi connectivity index (χ4v) is 6.66. The lowest BCUT2D eigenvalue weighted by atomic mass is 9.95. The van der Waals surface area contributed by atoms with Crippen LogP contribution in [0.15, 0.2) is 39.9 Å². The predicted octanol–water partition coefficient (Wildman–Crippen LogP) is 2.73. The third kappa shape index (κ3) is 5.68. The Kier molecular flexibility index (Phi) is 7.58. The lowest BCUT2D eigenvalue weighted by Crippen LogP contribution is -2.51. The van der Waals surface area contributed by atoms with Crippen molar-refractivity contribution >= 4 is 27.3 Å². The van der Waals surface area contributed by atoms with Crippen LogP contribution in [0.3, 0.4) is 0 Å². The van der Waals surface area contributed by atoms with E-state index in [2.05, 4.69) is 19.2 Å². The molecule has 0 spiro atoms. The van der Waals surface area contributed by atoms with E-state index in [1.165, 1.54) is 15.6 Å². The number of nitrogens with one attached hydrogen (secondary N) is 1. The summed E-state index contributed by atoms with van der Waals surface area (Å²) in [4.78, 5) is 14.9. The Balaban J connectivity index is 1.34. The highest BCUT2D eigenvalue weighted by Crippen LogP contribution is 2.34. The zero-order valence-electron chi connectivity index (χ0n) is 19.0. The Bertz CT molecular complexity index is 1050. The molecule has 2 aliphatic heterocycles. The molecule has 1 N–H and O–H groups in total. The summed E-state index contributed by atoms with van der Waals surface area (Å²) < 4.78 is 38.8. The number of nitrogens with zero attached hydrogens (tertiary/aromatic N) is 2. The van der Waals surface area contributed by atoms with Gasteiger partial charge in [-0.25, -0.2) is 8.42 Å². The number of hydrogen-bond donors (Lipinski definition) is 1. The smallest absolute Gasteiger partial charge is 0.252 e. The van der Waals surface area contributed by atoms with E-state index < -0.39 is 10.0 Å². The second kappa shape index (κ2) is 10.4. The third-order valence-corrected chi connectivity index (χ3v) is 9.17. The summed E-state index contributed by atoms with van der Waals surface area (Å²) in [6, 6.07) is 9.06. The largest absolute Gasteiger partial charge is 0.490 e. The van der Waals surface area contributed by atoms with Gasteiger partial charge >= 0.3 is 0 Å². The van der Waals surface area contributed by atoms with Crippen molar-refractivity contribution in [2.75, 3.05) is 45.9 Å². The zero-order valence-corrected chi connectivity index (χ0v) is 20.7. The fraction of sp³-hybridized carbons (Fsp3) is 0.522. The number of rotatable bonds is 7. The average molecular weight is 494 g/mol. The van der Waals surface area contributed by atoms with Gasteiger partial charge in [-0.05, 0) is 35.1 Å². The molecule has 180 valence electrons. The van der Waals surface area contributed by atoms with Crippen LogP contribution in [0.25, 0.3) is 0 Å². The van der Waals surface area contributed by atoms with E-state index in [9.17, 15) is 13.2 Å². The lowest BCUT2D eigenvalue weighted by Gasteiger charge is -2.33. The van der Waals surface area contributed by atoms with Crippen molar-refractivity contribution in [3.8, 4) is 11.5 Å². The molecule has 1 fully saturated rings. The molecule has 2 aromatic rings. The summed E-state index contributed by atoms with van der Waals surface area (Å²) in [7, 11) is -3.44. The molecule has 4 rings (SSSR count). The summed E-state index contributed by atoms with van der Waals surface area (Å²) >= 11 is 1.23. The first-order chi connectivity index (χ1) is 15.8. The van der Waals surface area contributed by atoms with E-state index in [0.29, 0.717) is 49.4 Å². The molecule has 33 heavy (non-hydrogen) atoms. The van der Waals surface area contributed by atoms with Crippen LogP contribution in [0.4, 0.5) is 0 Å². The quantitative estimate of drug-likeness (QED) is 0.638. The molecular formula is C23H31N3O5S2. The molecule has 8 nitrogen and oxygen atoms in total. The average Bonchev–Trinajstić information content (AvgIpc) is 3.24. The van der Waals surface area contributed by atoms with Crippen LogP contribution >= 0.6 is 11.3 Å². The highest BCUT2D eigenvalue weighted by molar-refractivity contribution is 7.91. The van der Waals surface area contributed by atoms with Crippen LogP contribution < -0.4 is 14.8 Å². The summed E-state index contributed by atoms with van der Waals surface area (Å²) in [5.74, 6) is 1.57. The Labute approximate surface area is 199 Å². The first kappa shape index (κ1) is 24.0. The number of benzene rings is 1. The summed E-state index contributed by atoms with van der Waals surface area (Å²) in [5.41, 5.74) is 0.981. The Morgan fingerprint density at radius 1 is 1.09 bits per heavy atom. The number of ether oxygens (including phenoxy) is 2. The van der Waals surface area contributed by atoms with Crippen molar-refractivity contribution in [3.05, 3.63) is 41.3 Å². The van der Waals surface area contributed by atoms with E-state index in [-0.39, 0.29) is 24.4 Å². The van der Waals surface area contributed by atoms with Gasteiger partial charge in [-0.3, -0.25) is 9.69 Å². The highest BCUT2D eigenvalue weighted by Gasteiger charge is 2.30. The molecule has 1 saturated heterocycles. The lowest BCUT2D eigenvalue weighted by molar-refractivity contribution is -0.123. The molecule has 0 radical (unpaired) electrons. The van der Waals surface area contributed by atoms with E-state index in [1.807, 2.05) is 23.1 Å². The minimum absolute atomic E-state index is 0.0737. The van der Waals surface area contributed by atoms with Crippen LogP contribution in [0.5, 0.6) is 11.5 Å². The topological polar surface area (TPSA) is 88.2 Å². The van der Waals surface area contributed by atoms with Gasteiger partial charge in [0.05, 0.1) is 25.8 Å².